The molecule has 1 atom stereocenters. The predicted octanol–water partition coefficient (Wildman–Crippen LogP) is 6.27. The Morgan fingerprint density at radius 2 is 1.31 bits per heavy atom. The van der Waals surface area contributed by atoms with Crippen LogP contribution in [0.3, 0.4) is 0 Å². The van der Waals surface area contributed by atoms with E-state index in [0.717, 1.165) is 34.4 Å². The molecule has 0 aliphatic heterocycles. The summed E-state index contributed by atoms with van der Waals surface area (Å²) in [6.07, 6.45) is 0.255. The highest BCUT2D eigenvalue weighted by Crippen LogP contribution is 2.37. The van der Waals surface area contributed by atoms with Gasteiger partial charge in [-0.15, -0.1) is 0 Å². The number of rotatable bonds is 9. The first-order chi connectivity index (χ1) is 21.8. The lowest BCUT2D eigenvalue weighted by atomic mass is 9.76. The van der Waals surface area contributed by atoms with Crippen molar-refractivity contribution < 1.29 is 18.3 Å². The minimum Gasteiger partial charge on any atom is -0.468 e. The minimum absolute atomic E-state index is 0.0101. The Labute approximate surface area is 259 Å². The van der Waals surface area contributed by atoms with E-state index in [2.05, 4.69) is 5.32 Å². The van der Waals surface area contributed by atoms with E-state index in [0.29, 0.717) is 5.69 Å². The van der Waals surface area contributed by atoms with Crippen LogP contribution in [0, 0.1) is 11.6 Å². The molecule has 0 radical (unpaired) electrons. The average Bonchev–Trinajstić information content (AvgIpc) is 3.33. The third kappa shape index (κ3) is 5.45. The number of nitrogens with one attached hydrogen (secondary N) is 1. The molecule has 0 spiro atoms. The van der Waals surface area contributed by atoms with Gasteiger partial charge in [-0.05, 0) is 40.8 Å². The van der Waals surface area contributed by atoms with Gasteiger partial charge in [0, 0.05) is 19.2 Å². The molecule has 6 rings (SSSR count). The molecule has 0 bridgehead atoms. The molecule has 45 heavy (non-hydrogen) atoms. The SMILES string of the molecule is COC(=O)C(Cc1ccc(-n2c(=O)n(C)c3cc(F)cc(F)c32)cc1)NC(c1ccccc1)(c1ccccc1)c1ccccc1. The number of imidazole rings is 1. The van der Waals surface area contributed by atoms with Crippen LogP contribution in [0.15, 0.2) is 132 Å². The number of halogens is 2. The summed E-state index contributed by atoms with van der Waals surface area (Å²) in [6, 6.07) is 37.9. The maximum atomic E-state index is 14.9. The first-order valence-corrected chi connectivity index (χ1v) is 14.5. The van der Waals surface area contributed by atoms with Crippen LogP contribution in [0.25, 0.3) is 16.7 Å². The molecule has 6 nitrogen and oxygen atoms in total. The predicted molar refractivity (Wildman–Crippen MR) is 170 cm³/mol. The highest BCUT2D eigenvalue weighted by atomic mass is 19.1. The quantitative estimate of drug-likeness (QED) is 0.156. The molecule has 226 valence electrons. The third-order valence-electron chi connectivity index (χ3n) is 8.20. The number of carbonyl (C=O) groups is 1. The van der Waals surface area contributed by atoms with Crippen LogP contribution < -0.4 is 11.0 Å². The lowest BCUT2D eigenvalue weighted by Crippen LogP contribution is -2.53. The van der Waals surface area contributed by atoms with Gasteiger partial charge in [-0.2, -0.15) is 0 Å². The summed E-state index contributed by atoms with van der Waals surface area (Å²) in [6.45, 7) is 0. The van der Waals surface area contributed by atoms with Crippen molar-refractivity contribution in [2.75, 3.05) is 7.11 Å². The number of benzene rings is 5. The van der Waals surface area contributed by atoms with Gasteiger partial charge in [-0.1, -0.05) is 103 Å². The van der Waals surface area contributed by atoms with Gasteiger partial charge in [0.15, 0.2) is 5.82 Å². The van der Waals surface area contributed by atoms with Crippen molar-refractivity contribution in [2.45, 2.75) is 18.0 Å². The highest BCUT2D eigenvalue weighted by Gasteiger charge is 2.40. The summed E-state index contributed by atoms with van der Waals surface area (Å²) < 4.78 is 36.5. The van der Waals surface area contributed by atoms with Gasteiger partial charge in [0.2, 0.25) is 0 Å². The number of fused-ring (bicyclic) bond motifs is 1. The largest absolute Gasteiger partial charge is 0.468 e. The summed E-state index contributed by atoms with van der Waals surface area (Å²) in [5.41, 5.74) is 2.75. The molecule has 0 aliphatic rings. The Kier molecular flexibility index (Phi) is 8.15. The lowest BCUT2D eigenvalue weighted by Gasteiger charge is -2.39. The molecule has 1 unspecified atom stereocenters. The molecule has 0 aliphatic carbocycles. The molecule has 1 heterocycles. The Morgan fingerprint density at radius 3 is 1.80 bits per heavy atom. The summed E-state index contributed by atoms with van der Waals surface area (Å²) >= 11 is 0. The van der Waals surface area contributed by atoms with E-state index < -0.39 is 34.9 Å². The smallest absolute Gasteiger partial charge is 0.333 e. The Morgan fingerprint density at radius 1 is 0.800 bits per heavy atom. The Balaban J connectivity index is 1.42. The molecule has 1 N–H and O–H groups in total. The number of nitrogens with zero attached hydrogens (tertiary/aromatic N) is 2. The first kappa shape index (κ1) is 29.7. The number of carbonyl (C=O) groups excluding carboxylic acids is 1. The van der Waals surface area contributed by atoms with Crippen molar-refractivity contribution in [3.63, 3.8) is 0 Å². The standard InChI is InChI=1S/C37H31F2N3O3/c1-41-33-24-29(38)23-31(39)34(33)42(36(41)44)30-20-18-25(19-21-30)22-32(35(43)45-2)40-37(26-12-6-3-7-13-26,27-14-8-4-9-15-27)28-16-10-5-11-17-28/h3-21,23-24,32,40H,22H2,1-2H3. The van der Waals surface area contributed by atoms with Crippen LogP contribution >= 0.6 is 0 Å². The van der Waals surface area contributed by atoms with Gasteiger partial charge < -0.3 is 4.74 Å². The average molecular weight is 604 g/mol. The number of hydrogen-bond acceptors (Lipinski definition) is 4. The van der Waals surface area contributed by atoms with Crippen molar-refractivity contribution in [3.8, 4) is 5.69 Å². The van der Waals surface area contributed by atoms with Gasteiger partial charge in [-0.25, -0.2) is 13.6 Å². The van der Waals surface area contributed by atoms with Crippen molar-refractivity contribution in [3.05, 3.63) is 172 Å². The van der Waals surface area contributed by atoms with E-state index in [1.165, 1.54) is 23.3 Å². The van der Waals surface area contributed by atoms with E-state index in [9.17, 15) is 18.4 Å². The number of ether oxygens (including phenoxy) is 1. The third-order valence-corrected chi connectivity index (χ3v) is 8.20. The van der Waals surface area contributed by atoms with Crippen molar-refractivity contribution in [2.24, 2.45) is 7.05 Å². The van der Waals surface area contributed by atoms with Gasteiger partial charge in [0.05, 0.1) is 23.9 Å². The molecule has 0 amide bonds. The Bertz CT molecular complexity index is 1910. The molecule has 0 saturated carbocycles. The number of aromatic nitrogens is 2. The summed E-state index contributed by atoms with van der Waals surface area (Å²) in [5.74, 6) is -2.04. The fourth-order valence-electron chi connectivity index (χ4n) is 6.05. The molecule has 0 saturated heterocycles. The number of esters is 1. The zero-order valence-electron chi connectivity index (χ0n) is 24.8. The van der Waals surface area contributed by atoms with Crippen molar-refractivity contribution in [1.29, 1.82) is 0 Å². The van der Waals surface area contributed by atoms with E-state index in [-0.39, 0.29) is 17.5 Å². The fourth-order valence-corrected chi connectivity index (χ4v) is 6.05. The van der Waals surface area contributed by atoms with Crippen LogP contribution in [0.2, 0.25) is 0 Å². The maximum absolute atomic E-state index is 14.9. The second-order valence-corrected chi connectivity index (χ2v) is 10.9. The summed E-state index contributed by atoms with van der Waals surface area (Å²) in [4.78, 5) is 26.5. The molecule has 5 aromatic carbocycles. The van der Waals surface area contributed by atoms with E-state index >= 15 is 0 Å². The van der Waals surface area contributed by atoms with Crippen molar-refractivity contribution in [1.82, 2.24) is 14.5 Å². The Hall–Kier alpha value is -5.34. The topological polar surface area (TPSA) is 65.3 Å². The number of methoxy groups -OCH3 is 1. The van der Waals surface area contributed by atoms with E-state index in [1.54, 1.807) is 24.3 Å². The molecule has 1 aromatic heterocycles. The summed E-state index contributed by atoms with van der Waals surface area (Å²) in [7, 11) is 2.83. The minimum atomic E-state index is -0.911. The molecule has 8 heteroatoms. The first-order valence-electron chi connectivity index (χ1n) is 14.5. The summed E-state index contributed by atoms with van der Waals surface area (Å²) in [5, 5.41) is 3.69. The van der Waals surface area contributed by atoms with Crippen LogP contribution in [0.4, 0.5) is 8.78 Å². The highest BCUT2D eigenvalue weighted by molar-refractivity contribution is 5.79. The van der Waals surface area contributed by atoms with Gasteiger partial charge >= 0.3 is 11.7 Å². The van der Waals surface area contributed by atoms with Gasteiger partial charge in [0.25, 0.3) is 0 Å². The zero-order chi connectivity index (χ0) is 31.6. The van der Waals surface area contributed by atoms with Crippen LogP contribution in [-0.2, 0) is 28.5 Å². The fraction of sp³-hybridized carbons (Fsp3) is 0.135. The molecule has 0 fully saturated rings. The van der Waals surface area contributed by atoms with Gasteiger partial charge in [-0.3, -0.25) is 19.2 Å². The lowest BCUT2D eigenvalue weighted by molar-refractivity contribution is -0.143. The van der Waals surface area contributed by atoms with E-state index in [4.69, 9.17) is 4.74 Å². The molecular weight excluding hydrogens is 572 g/mol. The normalized spacial score (nSPS) is 12.3. The number of aryl methyl sites for hydroxylation is 1. The second kappa shape index (κ2) is 12.3. The monoisotopic (exact) mass is 603 g/mol. The second-order valence-electron chi connectivity index (χ2n) is 10.9. The van der Waals surface area contributed by atoms with Crippen LogP contribution in [-0.4, -0.2) is 28.3 Å². The zero-order valence-corrected chi connectivity index (χ0v) is 24.8. The maximum Gasteiger partial charge on any atom is 0.333 e. The molecular formula is C37H31F2N3O3. The molecule has 6 aromatic rings. The van der Waals surface area contributed by atoms with Crippen LogP contribution in [0.1, 0.15) is 22.3 Å². The van der Waals surface area contributed by atoms with Gasteiger partial charge in [0.1, 0.15) is 17.4 Å². The van der Waals surface area contributed by atoms with Crippen molar-refractivity contribution >= 4 is 17.0 Å². The van der Waals surface area contributed by atoms with E-state index in [1.807, 2.05) is 91.0 Å². The van der Waals surface area contributed by atoms with Crippen LogP contribution in [0.5, 0.6) is 0 Å². The number of hydrogen-bond donors (Lipinski definition) is 1.